The van der Waals surface area contributed by atoms with Gasteiger partial charge in [0.1, 0.15) is 0 Å². The highest BCUT2D eigenvalue weighted by Gasteiger charge is 2.34. The molecule has 0 atom stereocenters. The lowest BCUT2D eigenvalue weighted by Crippen LogP contribution is -2.32. The molecule has 17 heavy (non-hydrogen) atoms. The van der Waals surface area contributed by atoms with Crippen LogP contribution in [-0.2, 0) is 4.74 Å². The van der Waals surface area contributed by atoms with Crippen molar-refractivity contribution in [1.29, 1.82) is 0 Å². The van der Waals surface area contributed by atoms with Gasteiger partial charge in [-0.05, 0) is 36.5 Å². The van der Waals surface area contributed by atoms with Gasteiger partial charge in [-0.2, -0.15) is 0 Å². The van der Waals surface area contributed by atoms with E-state index in [4.69, 9.17) is 4.74 Å². The summed E-state index contributed by atoms with van der Waals surface area (Å²) < 4.78 is 4.94. The fraction of sp³-hybridized carbons (Fsp3) is 1.00. The Kier molecular flexibility index (Phi) is 8.11. The zero-order chi connectivity index (χ0) is 13.4. The minimum Gasteiger partial charge on any atom is -0.381 e. The van der Waals surface area contributed by atoms with Crippen LogP contribution in [0.3, 0.4) is 0 Å². The summed E-state index contributed by atoms with van der Waals surface area (Å²) >= 11 is 0. The van der Waals surface area contributed by atoms with E-state index in [1.54, 1.807) is 0 Å². The predicted molar refractivity (Wildman–Crippen MR) is 77.4 cm³/mol. The third kappa shape index (κ3) is 6.45. The first-order chi connectivity index (χ1) is 7.87. The van der Waals surface area contributed by atoms with Crippen LogP contribution in [0.5, 0.6) is 0 Å². The van der Waals surface area contributed by atoms with E-state index in [2.05, 4.69) is 41.5 Å². The summed E-state index contributed by atoms with van der Waals surface area (Å²) in [7, 11) is 0. The van der Waals surface area contributed by atoms with Gasteiger partial charge in [0.2, 0.25) is 0 Å². The fourth-order valence-electron chi connectivity index (χ4n) is 2.44. The average molecular weight is 242 g/mol. The second kappa shape index (κ2) is 8.13. The maximum atomic E-state index is 4.94. The molecule has 1 heteroatoms. The molecular weight excluding hydrogens is 208 g/mol. The van der Waals surface area contributed by atoms with E-state index in [0.717, 1.165) is 13.2 Å². The van der Waals surface area contributed by atoms with Gasteiger partial charge in [0, 0.05) is 13.2 Å². The van der Waals surface area contributed by atoms with Crippen molar-refractivity contribution in [2.75, 3.05) is 13.2 Å². The maximum Gasteiger partial charge on any atom is 0.0466 e. The van der Waals surface area contributed by atoms with Gasteiger partial charge in [-0.25, -0.2) is 0 Å². The van der Waals surface area contributed by atoms with Crippen LogP contribution in [0.4, 0.5) is 0 Å². The molecule has 1 nitrogen and oxygen atoms in total. The van der Waals surface area contributed by atoms with Crippen molar-refractivity contribution in [2.45, 2.75) is 80.1 Å². The van der Waals surface area contributed by atoms with E-state index in [0.29, 0.717) is 10.8 Å². The van der Waals surface area contributed by atoms with Crippen LogP contribution in [0.2, 0.25) is 0 Å². The van der Waals surface area contributed by atoms with Crippen LogP contribution in [0.25, 0.3) is 0 Å². The molecule has 1 aliphatic rings. The molecule has 0 aromatic heterocycles. The Balaban J connectivity index is 0.000000419. The SMILES string of the molecule is C1CCOC1.CCCC(C)(C)C(C)(C)CCC. The first-order valence-corrected chi connectivity index (χ1v) is 7.45. The highest BCUT2D eigenvalue weighted by Crippen LogP contribution is 2.45. The Hall–Kier alpha value is -0.0400. The molecule has 1 saturated heterocycles. The summed E-state index contributed by atoms with van der Waals surface area (Å²) in [5, 5.41) is 0. The van der Waals surface area contributed by atoms with Gasteiger partial charge in [0.05, 0.1) is 0 Å². The number of rotatable bonds is 5. The molecule has 0 saturated carbocycles. The number of hydrogen-bond acceptors (Lipinski definition) is 1. The van der Waals surface area contributed by atoms with E-state index in [1.807, 2.05) is 0 Å². The Labute approximate surface area is 109 Å². The summed E-state index contributed by atoms with van der Waals surface area (Å²) in [5.74, 6) is 0. The van der Waals surface area contributed by atoms with E-state index in [9.17, 15) is 0 Å². The third-order valence-electron chi connectivity index (χ3n) is 4.41. The van der Waals surface area contributed by atoms with Gasteiger partial charge in [0.15, 0.2) is 0 Å². The molecule has 0 N–H and O–H groups in total. The molecule has 0 bridgehead atoms. The molecule has 0 radical (unpaired) electrons. The minimum absolute atomic E-state index is 0.498. The predicted octanol–water partition coefficient (Wildman–Crippen LogP) is 5.44. The number of hydrogen-bond donors (Lipinski definition) is 0. The molecule has 0 aromatic rings. The lowest BCUT2D eigenvalue weighted by atomic mass is 9.64. The molecule has 104 valence electrons. The first kappa shape index (κ1) is 17.0. The van der Waals surface area contributed by atoms with E-state index in [-0.39, 0.29) is 0 Å². The van der Waals surface area contributed by atoms with Crippen LogP contribution >= 0.6 is 0 Å². The van der Waals surface area contributed by atoms with Gasteiger partial charge in [-0.15, -0.1) is 0 Å². The van der Waals surface area contributed by atoms with E-state index < -0.39 is 0 Å². The molecule has 0 aromatic carbocycles. The van der Waals surface area contributed by atoms with Gasteiger partial charge >= 0.3 is 0 Å². The fourth-order valence-corrected chi connectivity index (χ4v) is 2.44. The number of ether oxygens (including phenoxy) is 1. The summed E-state index contributed by atoms with van der Waals surface area (Å²) in [5.41, 5.74) is 0.996. The Bertz CT molecular complexity index is 154. The zero-order valence-electron chi connectivity index (χ0n) is 13.1. The van der Waals surface area contributed by atoms with E-state index >= 15 is 0 Å². The summed E-state index contributed by atoms with van der Waals surface area (Å²) in [6, 6.07) is 0. The Morgan fingerprint density at radius 3 is 1.29 bits per heavy atom. The van der Waals surface area contributed by atoms with Gasteiger partial charge < -0.3 is 4.74 Å². The molecule has 0 amide bonds. The lowest BCUT2D eigenvalue weighted by molar-refractivity contribution is 0.0863. The lowest BCUT2D eigenvalue weighted by Gasteiger charge is -2.42. The topological polar surface area (TPSA) is 9.23 Å². The molecular formula is C16H34O. The molecule has 1 rings (SSSR count). The monoisotopic (exact) mass is 242 g/mol. The van der Waals surface area contributed by atoms with Crippen molar-refractivity contribution < 1.29 is 4.74 Å². The standard InChI is InChI=1S/C12H26.C4H8O/c1-7-9-11(3,4)12(5,6)10-8-2;1-2-4-5-3-1/h7-10H2,1-6H3;1-4H2. The second-order valence-corrected chi connectivity index (χ2v) is 6.59. The summed E-state index contributed by atoms with van der Waals surface area (Å²) in [6.45, 7) is 16.2. The van der Waals surface area contributed by atoms with Crippen molar-refractivity contribution in [1.82, 2.24) is 0 Å². The molecule has 0 aliphatic carbocycles. The molecule has 1 aliphatic heterocycles. The maximum absolute atomic E-state index is 4.94. The molecule has 1 heterocycles. The normalized spacial score (nSPS) is 16.6. The van der Waals surface area contributed by atoms with Crippen molar-refractivity contribution in [3.05, 3.63) is 0 Å². The largest absolute Gasteiger partial charge is 0.381 e. The summed E-state index contributed by atoms with van der Waals surface area (Å²) in [4.78, 5) is 0. The third-order valence-corrected chi connectivity index (χ3v) is 4.41. The second-order valence-electron chi connectivity index (χ2n) is 6.59. The van der Waals surface area contributed by atoms with Crippen molar-refractivity contribution in [2.24, 2.45) is 10.8 Å². The molecule has 0 unspecified atom stereocenters. The average Bonchev–Trinajstić information content (AvgIpc) is 2.74. The smallest absolute Gasteiger partial charge is 0.0466 e. The quantitative estimate of drug-likeness (QED) is 0.624. The van der Waals surface area contributed by atoms with Crippen LogP contribution in [0.15, 0.2) is 0 Å². The van der Waals surface area contributed by atoms with Gasteiger partial charge in [-0.1, -0.05) is 54.4 Å². The van der Waals surface area contributed by atoms with Crippen molar-refractivity contribution >= 4 is 0 Å². The van der Waals surface area contributed by atoms with Crippen molar-refractivity contribution in [3.8, 4) is 0 Å². The Morgan fingerprint density at radius 2 is 1.12 bits per heavy atom. The highest BCUT2D eigenvalue weighted by molar-refractivity contribution is 4.85. The van der Waals surface area contributed by atoms with Crippen LogP contribution < -0.4 is 0 Å². The Morgan fingerprint density at radius 1 is 0.765 bits per heavy atom. The van der Waals surface area contributed by atoms with Crippen LogP contribution in [-0.4, -0.2) is 13.2 Å². The molecule has 0 spiro atoms. The molecule has 1 fully saturated rings. The zero-order valence-corrected chi connectivity index (χ0v) is 13.1. The van der Waals surface area contributed by atoms with E-state index in [1.165, 1.54) is 38.5 Å². The highest BCUT2D eigenvalue weighted by atomic mass is 16.5. The van der Waals surface area contributed by atoms with Crippen LogP contribution in [0, 0.1) is 10.8 Å². The van der Waals surface area contributed by atoms with Gasteiger partial charge in [-0.3, -0.25) is 0 Å². The van der Waals surface area contributed by atoms with Gasteiger partial charge in [0.25, 0.3) is 0 Å². The first-order valence-electron chi connectivity index (χ1n) is 7.45. The minimum atomic E-state index is 0.498. The summed E-state index contributed by atoms with van der Waals surface area (Å²) in [6.07, 6.45) is 7.86. The van der Waals surface area contributed by atoms with Crippen LogP contribution in [0.1, 0.15) is 80.1 Å². The van der Waals surface area contributed by atoms with Crippen molar-refractivity contribution in [3.63, 3.8) is 0 Å².